The van der Waals surface area contributed by atoms with Gasteiger partial charge in [0.2, 0.25) is 0 Å². The van der Waals surface area contributed by atoms with Crippen LogP contribution < -0.4 is 16.6 Å². The normalized spacial score (nSPS) is 12.2. The Morgan fingerprint density at radius 1 is 1.35 bits per heavy atom. The summed E-state index contributed by atoms with van der Waals surface area (Å²) >= 11 is 5.26. The molecule has 0 fully saturated rings. The van der Waals surface area contributed by atoms with E-state index in [-0.39, 0.29) is 11.4 Å². The molecule has 1 aliphatic rings. The van der Waals surface area contributed by atoms with Gasteiger partial charge in [0.25, 0.3) is 0 Å². The molecular weight excluding hydrogens is 316 g/mol. The second kappa shape index (κ2) is 5.82. The number of aliphatic carboxylic acids is 1. The highest BCUT2D eigenvalue weighted by Crippen LogP contribution is 2.29. The summed E-state index contributed by atoms with van der Waals surface area (Å²) in [5, 5.41) is 12.4. The molecular formula is C15H14N4O3S. The van der Waals surface area contributed by atoms with E-state index in [0.29, 0.717) is 17.8 Å². The number of amides is 2. The summed E-state index contributed by atoms with van der Waals surface area (Å²) in [5.41, 5.74) is 5.26. The minimum atomic E-state index is -0.882. The third-order valence-corrected chi connectivity index (χ3v) is 3.92. The zero-order chi connectivity index (χ0) is 16.6. The second-order valence-electron chi connectivity index (χ2n) is 5.16. The number of nitrogens with one attached hydrogen (secondary N) is 2. The number of urea groups is 1. The third-order valence-electron chi connectivity index (χ3n) is 3.61. The second-order valence-corrected chi connectivity index (χ2v) is 5.57. The van der Waals surface area contributed by atoms with Crippen LogP contribution in [0.5, 0.6) is 0 Å². The van der Waals surface area contributed by atoms with Crippen molar-refractivity contribution in [2.24, 2.45) is 5.84 Å². The Morgan fingerprint density at radius 3 is 2.83 bits per heavy atom. The number of allylic oxidation sites excluding steroid dienone is 1. The van der Waals surface area contributed by atoms with Crippen molar-refractivity contribution in [1.29, 1.82) is 0 Å². The number of hydrogen-bond donors (Lipinski definition) is 4. The molecule has 1 aromatic heterocycles. The average molecular weight is 330 g/mol. The van der Waals surface area contributed by atoms with Crippen molar-refractivity contribution in [3.05, 3.63) is 41.1 Å². The Hall–Kier alpha value is -2.71. The van der Waals surface area contributed by atoms with Crippen molar-refractivity contribution in [2.45, 2.75) is 13.0 Å². The summed E-state index contributed by atoms with van der Waals surface area (Å²) in [4.78, 5) is 22.5. The van der Waals surface area contributed by atoms with E-state index in [4.69, 9.17) is 23.2 Å². The van der Waals surface area contributed by atoms with Gasteiger partial charge < -0.3 is 9.67 Å². The Balaban J connectivity index is 2.09. The maximum absolute atomic E-state index is 11.3. The number of aromatic nitrogens is 1. The van der Waals surface area contributed by atoms with E-state index < -0.39 is 12.0 Å². The van der Waals surface area contributed by atoms with E-state index in [1.165, 1.54) is 0 Å². The average Bonchev–Trinajstić information content (AvgIpc) is 2.87. The first-order valence-corrected chi connectivity index (χ1v) is 7.27. The number of nitrogens with two attached hydrogens (primary N) is 1. The molecule has 0 atom stereocenters. The first-order valence-electron chi connectivity index (χ1n) is 6.86. The zero-order valence-corrected chi connectivity index (χ0v) is 12.8. The quantitative estimate of drug-likeness (QED) is 0.292. The van der Waals surface area contributed by atoms with Crippen molar-refractivity contribution >= 4 is 46.2 Å². The number of hydrazine groups is 1. The molecule has 2 amide bonds. The topological polar surface area (TPSA) is 109 Å². The molecule has 0 saturated carbocycles. The molecule has 7 nitrogen and oxygen atoms in total. The third kappa shape index (κ3) is 2.81. The van der Waals surface area contributed by atoms with E-state index in [1.807, 2.05) is 40.3 Å². The fourth-order valence-electron chi connectivity index (χ4n) is 2.78. The molecule has 8 heteroatoms. The van der Waals surface area contributed by atoms with E-state index >= 15 is 0 Å². The number of nitrogens with zero attached hydrogens (tertiary/aromatic N) is 1. The highest BCUT2D eigenvalue weighted by atomic mass is 32.1. The fraction of sp³-hybridized carbons (Fsp3) is 0.133. The molecule has 118 valence electrons. The van der Waals surface area contributed by atoms with Crippen molar-refractivity contribution in [1.82, 2.24) is 15.3 Å². The highest BCUT2D eigenvalue weighted by molar-refractivity contribution is 7.80. The summed E-state index contributed by atoms with van der Waals surface area (Å²) in [6, 6.07) is 4.94. The Bertz CT molecular complexity index is 869. The molecule has 2 aromatic rings. The van der Waals surface area contributed by atoms with Crippen LogP contribution in [0, 0.1) is 0 Å². The maximum Gasteiger partial charge on any atom is 0.334 e. The minimum absolute atomic E-state index is 0.0461. The van der Waals surface area contributed by atoms with Crippen molar-refractivity contribution in [3.63, 3.8) is 0 Å². The molecule has 5 N–H and O–H groups in total. The van der Waals surface area contributed by atoms with Gasteiger partial charge in [-0.15, -0.1) is 0 Å². The van der Waals surface area contributed by atoms with Gasteiger partial charge in [-0.1, -0.05) is 24.4 Å². The number of carbonyl (C=O) groups excluding carboxylic acids is 1. The van der Waals surface area contributed by atoms with Crippen LogP contribution in [0.15, 0.2) is 24.3 Å². The van der Waals surface area contributed by atoms with Gasteiger partial charge in [-0.3, -0.25) is 15.5 Å². The predicted octanol–water partition coefficient (Wildman–Crippen LogP) is 1.14. The van der Waals surface area contributed by atoms with Gasteiger partial charge in [0.15, 0.2) is 0 Å². The monoisotopic (exact) mass is 330 g/mol. The minimum Gasteiger partial charge on any atom is -0.481 e. The lowest BCUT2D eigenvalue weighted by Crippen LogP contribution is -2.43. The SMILES string of the molecule is NNC(=O)NC(=S)c1cc2cc(CC(=O)O)cc3c2n1CC=C3. The van der Waals surface area contributed by atoms with Crippen LogP contribution in [0.1, 0.15) is 16.8 Å². The Labute approximate surface area is 136 Å². The van der Waals surface area contributed by atoms with Crippen LogP contribution in [-0.4, -0.2) is 26.7 Å². The molecule has 2 heterocycles. The standard InChI is InChI=1S/C15H14N4O3S/c16-18-15(22)17-14(23)11-7-10-5-8(6-12(20)21)4-9-2-1-3-19(11)13(9)10/h1-2,4-5,7H,3,6,16H2,(H,20,21)(H2,17,18,22,23). The van der Waals surface area contributed by atoms with Crippen LogP contribution in [0.4, 0.5) is 4.79 Å². The van der Waals surface area contributed by atoms with Gasteiger partial charge >= 0.3 is 12.0 Å². The van der Waals surface area contributed by atoms with Gasteiger partial charge in [-0.05, 0) is 29.3 Å². The molecule has 0 bridgehead atoms. The molecule has 0 saturated heterocycles. The largest absolute Gasteiger partial charge is 0.481 e. The summed E-state index contributed by atoms with van der Waals surface area (Å²) in [7, 11) is 0. The van der Waals surface area contributed by atoms with Gasteiger partial charge in [-0.2, -0.15) is 0 Å². The van der Waals surface area contributed by atoms with Gasteiger partial charge in [0.1, 0.15) is 4.99 Å². The van der Waals surface area contributed by atoms with Crippen LogP contribution in [-0.2, 0) is 17.8 Å². The zero-order valence-electron chi connectivity index (χ0n) is 12.0. The number of rotatable bonds is 3. The summed E-state index contributed by atoms with van der Waals surface area (Å²) in [6.45, 7) is 0.621. The van der Waals surface area contributed by atoms with E-state index in [2.05, 4.69) is 5.32 Å². The van der Waals surface area contributed by atoms with Crippen LogP contribution in [0.2, 0.25) is 0 Å². The first-order chi connectivity index (χ1) is 11.0. The molecule has 0 unspecified atom stereocenters. The summed E-state index contributed by atoms with van der Waals surface area (Å²) in [5.74, 6) is 4.17. The molecule has 1 aromatic carbocycles. The lowest BCUT2D eigenvalue weighted by molar-refractivity contribution is -0.136. The number of carboxylic acids is 1. The van der Waals surface area contributed by atoms with Crippen molar-refractivity contribution < 1.29 is 14.7 Å². The number of thiocarbonyl (C=S) groups is 1. The molecule has 1 aliphatic heterocycles. The molecule has 0 radical (unpaired) electrons. The predicted molar refractivity (Wildman–Crippen MR) is 89.9 cm³/mol. The van der Waals surface area contributed by atoms with E-state index in [9.17, 15) is 9.59 Å². The molecule has 0 spiro atoms. The van der Waals surface area contributed by atoms with Crippen molar-refractivity contribution in [2.75, 3.05) is 0 Å². The number of carbonyl (C=O) groups is 2. The van der Waals surface area contributed by atoms with Crippen LogP contribution in [0.3, 0.4) is 0 Å². The number of hydrogen-bond acceptors (Lipinski definition) is 4. The Kier molecular flexibility index (Phi) is 3.85. The number of carboxylic acid groups (broad SMARTS) is 1. The van der Waals surface area contributed by atoms with Gasteiger partial charge in [0.05, 0.1) is 17.6 Å². The van der Waals surface area contributed by atoms with E-state index in [1.54, 1.807) is 0 Å². The molecule has 23 heavy (non-hydrogen) atoms. The lowest BCUT2D eigenvalue weighted by atomic mass is 10.0. The highest BCUT2D eigenvalue weighted by Gasteiger charge is 2.18. The smallest absolute Gasteiger partial charge is 0.334 e. The van der Waals surface area contributed by atoms with Crippen LogP contribution >= 0.6 is 12.2 Å². The van der Waals surface area contributed by atoms with Crippen molar-refractivity contribution in [3.8, 4) is 0 Å². The van der Waals surface area contributed by atoms with Gasteiger partial charge in [-0.25, -0.2) is 10.6 Å². The number of benzene rings is 1. The first kappa shape index (κ1) is 15.2. The summed E-state index contributed by atoms with van der Waals surface area (Å²) < 4.78 is 1.98. The maximum atomic E-state index is 11.3. The lowest BCUT2D eigenvalue weighted by Gasteiger charge is -2.15. The van der Waals surface area contributed by atoms with E-state index in [0.717, 1.165) is 16.5 Å². The summed E-state index contributed by atoms with van der Waals surface area (Å²) in [6.07, 6.45) is 3.87. The molecule has 0 aliphatic carbocycles. The van der Waals surface area contributed by atoms with Crippen LogP contribution in [0.25, 0.3) is 17.0 Å². The Morgan fingerprint density at radius 2 is 2.13 bits per heavy atom. The van der Waals surface area contributed by atoms with Gasteiger partial charge in [0, 0.05) is 11.9 Å². The fourth-order valence-corrected chi connectivity index (χ4v) is 3.04. The molecule has 3 rings (SSSR count).